The topological polar surface area (TPSA) is 158 Å². The Balaban J connectivity index is 1.53. The van der Waals surface area contributed by atoms with Gasteiger partial charge in [0.05, 0.1) is 13.2 Å². The first-order chi connectivity index (χ1) is 16.2. The average molecular weight is 471 g/mol. The molecule has 2 aromatic rings. The zero-order chi connectivity index (χ0) is 24.6. The van der Waals surface area contributed by atoms with E-state index in [9.17, 15) is 19.2 Å². The van der Waals surface area contributed by atoms with Crippen molar-refractivity contribution in [3.05, 3.63) is 28.5 Å². The Bertz CT molecular complexity index is 1160. The van der Waals surface area contributed by atoms with Crippen molar-refractivity contribution in [1.29, 1.82) is 0 Å². The third kappa shape index (κ3) is 4.37. The van der Waals surface area contributed by atoms with Gasteiger partial charge in [0.15, 0.2) is 0 Å². The van der Waals surface area contributed by atoms with E-state index in [4.69, 9.17) is 20.6 Å². The van der Waals surface area contributed by atoms with Crippen molar-refractivity contribution in [2.24, 2.45) is 23.3 Å². The molecule has 0 bridgehead atoms. The monoisotopic (exact) mass is 470 g/mol. The maximum Gasteiger partial charge on any atom is 0.286 e. The van der Waals surface area contributed by atoms with Crippen molar-refractivity contribution in [3.8, 4) is 0 Å². The summed E-state index contributed by atoms with van der Waals surface area (Å²) in [5.74, 6) is -2.18. The lowest BCUT2D eigenvalue weighted by Crippen LogP contribution is -2.44. The molecule has 4 rings (SSSR count). The first kappa shape index (κ1) is 23.7. The number of hydrogen-bond acceptors (Lipinski definition) is 6. The molecule has 0 atom stereocenters. The molecule has 1 aromatic carbocycles. The minimum atomic E-state index is -0.830. The smallest absolute Gasteiger partial charge is 0.286 e. The Morgan fingerprint density at radius 3 is 2.18 bits per heavy atom. The number of nitrogens with two attached hydrogens (primary N) is 2. The molecule has 1 saturated heterocycles. The normalized spacial score (nSPS) is 20.8. The summed E-state index contributed by atoms with van der Waals surface area (Å²) in [7, 11) is 0. The highest BCUT2D eigenvalue weighted by Crippen LogP contribution is 2.38. The molecular weight excluding hydrogens is 440 g/mol. The van der Waals surface area contributed by atoms with Crippen LogP contribution in [0.1, 0.15) is 57.7 Å². The molecule has 182 valence electrons. The number of nitrogens with one attached hydrogen (secondary N) is 1. The molecular formula is C24H30N4O6. The van der Waals surface area contributed by atoms with Gasteiger partial charge in [-0.15, -0.1) is 0 Å². The van der Waals surface area contributed by atoms with E-state index in [0.717, 1.165) is 0 Å². The Kier molecular flexibility index (Phi) is 6.60. The number of fused-ring (bicyclic) bond motifs is 1. The first-order valence-electron chi connectivity index (χ1n) is 11.5. The molecule has 1 aliphatic carbocycles. The zero-order valence-electron chi connectivity index (χ0n) is 19.4. The second-order valence-corrected chi connectivity index (χ2v) is 9.08. The van der Waals surface area contributed by atoms with Crippen molar-refractivity contribution in [2.75, 3.05) is 31.6 Å². The predicted octanol–water partition coefficient (Wildman–Crippen LogP) is 1.85. The van der Waals surface area contributed by atoms with E-state index in [0.29, 0.717) is 79.6 Å². The number of nitrogens with zero attached hydrogens (tertiary/aromatic N) is 1. The molecule has 10 nitrogen and oxygen atoms in total. The molecule has 1 aromatic heterocycles. The Hall–Kier alpha value is -3.40. The quantitative estimate of drug-likeness (QED) is 0.605. The van der Waals surface area contributed by atoms with Crippen LogP contribution in [0.4, 0.5) is 5.69 Å². The third-order valence-electron chi connectivity index (χ3n) is 6.92. The van der Waals surface area contributed by atoms with Gasteiger partial charge in [0.2, 0.25) is 23.5 Å². The largest absolute Gasteiger partial charge is 0.449 e. The van der Waals surface area contributed by atoms with Crippen LogP contribution in [0.15, 0.2) is 10.5 Å². The summed E-state index contributed by atoms with van der Waals surface area (Å²) in [4.78, 5) is 51.8. The standard InChI is InChI=1S/C24H30N4O6/c1-12-11-16-18(13(2)17(12)21(25)29)19(20(34-16)22(26)30)27-23(31)14-3-5-15(6-4-14)24(32)28-7-9-33-10-8-28/h11,14-15H,3-10H2,1-2H3,(H2,25,29)(H2,26,30)(H,27,31). The van der Waals surface area contributed by atoms with E-state index < -0.39 is 11.8 Å². The van der Waals surface area contributed by atoms with E-state index >= 15 is 0 Å². The number of morpholine rings is 1. The van der Waals surface area contributed by atoms with Gasteiger partial charge in [0.1, 0.15) is 11.3 Å². The maximum absolute atomic E-state index is 13.2. The lowest BCUT2D eigenvalue weighted by atomic mass is 9.80. The van der Waals surface area contributed by atoms with Gasteiger partial charge in [0.25, 0.3) is 5.91 Å². The number of carbonyl (C=O) groups is 4. The van der Waals surface area contributed by atoms with Gasteiger partial charge in [-0.3, -0.25) is 19.2 Å². The molecule has 4 amide bonds. The fourth-order valence-electron chi connectivity index (χ4n) is 5.15. The van der Waals surface area contributed by atoms with Crippen molar-refractivity contribution < 1.29 is 28.3 Å². The van der Waals surface area contributed by atoms with Crippen LogP contribution in [0.25, 0.3) is 11.0 Å². The number of amides is 4. The van der Waals surface area contributed by atoms with Gasteiger partial charge >= 0.3 is 0 Å². The number of anilines is 1. The lowest BCUT2D eigenvalue weighted by molar-refractivity contribution is -0.141. The minimum Gasteiger partial charge on any atom is -0.449 e. The summed E-state index contributed by atoms with van der Waals surface area (Å²) in [5.41, 5.74) is 13.0. The lowest BCUT2D eigenvalue weighted by Gasteiger charge is -2.33. The molecule has 2 aliphatic rings. The summed E-state index contributed by atoms with van der Waals surface area (Å²) in [6.45, 7) is 5.73. The van der Waals surface area contributed by atoms with E-state index in [1.807, 2.05) is 4.90 Å². The van der Waals surface area contributed by atoms with Crippen LogP contribution < -0.4 is 16.8 Å². The fraction of sp³-hybridized carbons (Fsp3) is 0.500. The first-order valence-corrected chi connectivity index (χ1v) is 11.5. The molecule has 0 radical (unpaired) electrons. The molecule has 10 heteroatoms. The van der Waals surface area contributed by atoms with Crippen LogP contribution in [0.2, 0.25) is 0 Å². The number of hydrogen-bond donors (Lipinski definition) is 3. The molecule has 0 spiro atoms. The molecule has 34 heavy (non-hydrogen) atoms. The number of primary amides is 2. The summed E-state index contributed by atoms with van der Waals surface area (Å²) in [6, 6.07) is 1.60. The van der Waals surface area contributed by atoms with Gasteiger partial charge in [-0.05, 0) is 56.7 Å². The summed E-state index contributed by atoms with van der Waals surface area (Å²) in [6.07, 6.45) is 2.35. The molecule has 2 fully saturated rings. The number of aryl methyl sites for hydroxylation is 2. The molecule has 2 heterocycles. The molecule has 0 unspecified atom stereocenters. The van der Waals surface area contributed by atoms with Crippen LogP contribution in [-0.2, 0) is 14.3 Å². The van der Waals surface area contributed by atoms with Crippen molar-refractivity contribution in [1.82, 2.24) is 4.90 Å². The SMILES string of the molecule is Cc1cc2oc(C(N)=O)c(NC(=O)C3CCC(C(=O)N4CCOCC4)CC3)c2c(C)c1C(N)=O. The minimum absolute atomic E-state index is 0.0959. The highest BCUT2D eigenvalue weighted by atomic mass is 16.5. The van der Waals surface area contributed by atoms with Gasteiger partial charge < -0.3 is 30.8 Å². The Morgan fingerprint density at radius 2 is 1.59 bits per heavy atom. The number of rotatable bonds is 5. The molecule has 1 saturated carbocycles. The van der Waals surface area contributed by atoms with Crippen LogP contribution in [-0.4, -0.2) is 54.8 Å². The number of benzene rings is 1. The molecule has 5 N–H and O–H groups in total. The number of ether oxygens (including phenoxy) is 1. The van der Waals surface area contributed by atoms with E-state index in [2.05, 4.69) is 5.32 Å². The Labute approximate surface area is 196 Å². The predicted molar refractivity (Wildman–Crippen MR) is 124 cm³/mol. The summed E-state index contributed by atoms with van der Waals surface area (Å²) >= 11 is 0. The second kappa shape index (κ2) is 9.46. The summed E-state index contributed by atoms with van der Waals surface area (Å²) in [5, 5.41) is 3.25. The van der Waals surface area contributed by atoms with Crippen molar-refractivity contribution in [2.45, 2.75) is 39.5 Å². The molecule has 1 aliphatic heterocycles. The van der Waals surface area contributed by atoms with Crippen molar-refractivity contribution in [3.63, 3.8) is 0 Å². The second-order valence-electron chi connectivity index (χ2n) is 9.08. The maximum atomic E-state index is 13.2. The Morgan fingerprint density at radius 1 is 0.971 bits per heavy atom. The van der Waals surface area contributed by atoms with Gasteiger partial charge in [-0.1, -0.05) is 0 Å². The van der Waals surface area contributed by atoms with Gasteiger partial charge in [-0.2, -0.15) is 0 Å². The van der Waals surface area contributed by atoms with Crippen LogP contribution in [0.5, 0.6) is 0 Å². The summed E-state index contributed by atoms with van der Waals surface area (Å²) < 4.78 is 11.0. The van der Waals surface area contributed by atoms with Gasteiger partial charge in [0, 0.05) is 35.9 Å². The van der Waals surface area contributed by atoms with Crippen LogP contribution >= 0.6 is 0 Å². The van der Waals surface area contributed by atoms with Crippen molar-refractivity contribution >= 4 is 40.3 Å². The van der Waals surface area contributed by atoms with E-state index in [-0.39, 0.29) is 35.1 Å². The average Bonchev–Trinajstić information content (AvgIpc) is 3.17. The number of furan rings is 1. The third-order valence-corrected chi connectivity index (χ3v) is 6.92. The zero-order valence-corrected chi connectivity index (χ0v) is 19.4. The fourth-order valence-corrected chi connectivity index (χ4v) is 5.15. The highest BCUT2D eigenvalue weighted by Gasteiger charge is 2.34. The van der Waals surface area contributed by atoms with E-state index in [1.54, 1.807) is 19.9 Å². The van der Waals surface area contributed by atoms with Crippen LogP contribution in [0, 0.1) is 25.7 Å². The highest BCUT2D eigenvalue weighted by molar-refractivity contribution is 6.14. The van der Waals surface area contributed by atoms with E-state index in [1.165, 1.54) is 0 Å². The van der Waals surface area contributed by atoms with Crippen LogP contribution in [0.3, 0.4) is 0 Å². The number of carbonyl (C=O) groups excluding carboxylic acids is 4. The van der Waals surface area contributed by atoms with Gasteiger partial charge in [-0.25, -0.2) is 0 Å².